The standard InChI is InChI=1S/C6H8O3/c1-2-6(8)9-5-3-4-7/h2-4,7H,1,5H2. The van der Waals surface area contributed by atoms with Gasteiger partial charge in [-0.05, 0) is 6.08 Å². The molecule has 0 aliphatic rings. The Labute approximate surface area is 53.3 Å². The van der Waals surface area contributed by atoms with Gasteiger partial charge in [0.15, 0.2) is 0 Å². The summed E-state index contributed by atoms with van der Waals surface area (Å²) in [6, 6.07) is 0. The first-order valence-corrected chi connectivity index (χ1v) is 2.39. The lowest BCUT2D eigenvalue weighted by Gasteiger charge is -1.92. The van der Waals surface area contributed by atoms with Crippen molar-refractivity contribution in [1.82, 2.24) is 0 Å². The van der Waals surface area contributed by atoms with E-state index in [9.17, 15) is 4.79 Å². The van der Waals surface area contributed by atoms with Crippen LogP contribution in [0.1, 0.15) is 0 Å². The molecule has 0 aromatic carbocycles. The first-order valence-electron chi connectivity index (χ1n) is 2.39. The van der Waals surface area contributed by atoms with Crippen LogP contribution in [-0.2, 0) is 9.53 Å². The Bertz CT molecular complexity index is 126. The third-order valence-corrected chi connectivity index (χ3v) is 0.594. The predicted molar refractivity (Wildman–Crippen MR) is 32.9 cm³/mol. The lowest BCUT2D eigenvalue weighted by molar-refractivity contribution is -0.136. The molecule has 0 aliphatic heterocycles. The fourth-order valence-corrected chi connectivity index (χ4v) is 0.232. The Hall–Kier alpha value is -1.25. The average Bonchev–Trinajstić information content (AvgIpc) is 1.89. The first-order chi connectivity index (χ1) is 4.31. The molecule has 0 radical (unpaired) electrons. The van der Waals surface area contributed by atoms with E-state index in [4.69, 9.17) is 5.11 Å². The Kier molecular flexibility index (Phi) is 4.22. The van der Waals surface area contributed by atoms with Gasteiger partial charge in [0.25, 0.3) is 0 Å². The second kappa shape index (κ2) is 4.90. The zero-order valence-corrected chi connectivity index (χ0v) is 4.91. The average molecular weight is 128 g/mol. The Morgan fingerprint density at radius 1 is 1.78 bits per heavy atom. The number of hydrogen-bond acceptors (Lipinski definition) is 3. The van der Waals surface area contributed by atoms with E-state index in [0.717, 1.165) is 12.3 Å². The Balaban J connectivity index is 3.27. The number of aliphatic hydroxyl groups is 1. The van der Waals surface area contributed by atoms with E-state index in [1.54, 1.807) is 0 Å². The third-order valence-electron chi connectivity index (χ3n) is 0.594. The maximum atomic E-state index is 10.2. The lowest BCUT2D eigenvalue weighted by Crippen LogP contribution is -1.98. The van der Waals surface area contributed by atoms with Crippen LogP contribution in [0.5, 0.6) is 0 Å². The highest BCUT2D eigenvalue weighted by molar-refractivity contribution is 5.81. The predicted octanol–water partition coefficient (Wildman–Crippen LogP) is 0.787. The van der Waals surface area contributed by atoms with Gasteiger partial charge in [-0.15, -0.1) is 0 Å². The third kappa shape index (κ3) is 4.61. The second-order valence-electron chi connectivity index (χ2n) is 1.22. The topological polar surface area (TPSA) is 46.5 Å². The molecule has 0 bridgehead atoms. The molecule has 3 heteroatoms. The van der Waals surface area contributed by atoms with Crippen LogP contribution in [0, 0.1) is 0 Å². The minimum Gasteiger partial charge on any atom is -0.516 e. The number of aliphatic hydroxyl groups excluding tert-OH is 1. The summed E-state index contributed by atoms with van der Waals surface area (Å²) < 4.78 is 4.43. The summed E-state index contributed by atoms with van der Waals surface area (Å²) in [5, 5.41) is 8.05. The zero-order chi connectivity index (χ0) is 7.11. The number of esters is 1. The van der Waals surface area contributed by atoms with Crippen molar-refractivity contribution in [1.29, 1.82) is 0 Å². The highest BCUT2D eigenvalue weighted by atomic mass is 16.5. The maximum Gasteiger partial charge on any atom is 0.330 e. The summed E-state index contributed by atoms with van der Waals surface area (Å²) in [5.41, 5.74) is 0. The molecule has 1 N–H and O–H groups in total. The van der Waals surface area contributed by atoms with Gasteiger partial charge in [0.05, 0.1) is 6.26 Å². The molecule has 0 heterocycles. The van der Waals surface area contributed by atoms with Gasteiger partial charge in [-0.1, -0.05) is 6.58 Å². The molecule has 0 rings (SSSR count). The molecular formula is C6H8O3. The van der Waals surface area contributed by atoms with Crippen molar-refractivity contribution in [2.24, 2.45) is 0 Å². The van der Waals surface area contributed by atoms with Crippen LogP contribution in [0.4, 0.5) is 0 Å². The number of rotatable bonds is 3. The summed E-state index contributed by atoms with van der Waals surface area (Å²) in [6.07, 6.45) is 3.18. The van der Waals surface area contributed by atoms with Crippen LogP contribution in [0.3, 0.4) is 0 Å². The second-order valence-corrected chi connectivity index (χ2v) is 1.22. The van der Waals surface area contributed by atoms with Gasteiger partial charge in [0.2, 0.25) is 0 Å². The first kappa shape index (κ1) is 7.75. The molecule has 0 saturated heterocycles. The highest BCUT2D eigenvalue weighted by Crippen LogP contribution is 1.78. The quantitative estimate of drug-likeness (QED) is 0.347. The van der Waals surface area contributed by atoms with E-state index in [2.05, 4.69) is 11.3 Å². The van der Waals surface area contributed by atoms with Crippen molar-refractivity contribution in [2.75, 3.05) is 6.61 Å². The molecule has 0 aromatic heterocycles. The molecule has 0 unspecified atom stereocenters. The smallest absolute Gasteiger partial charge is 0.330 e. The van der Waals surface area contributed by atoms with Crippen molar-refractivity contribution in [3.05, 3.63) is 25.0 Å². The monoisotopic (exact) mass is 128 g/mol. The molecule has 0 fully saturated rings. The van der Waals surface area contributed by atoms with Crippen LogP contribution in [0.15, 0.2) is 25.0 Å². The normalized spacial score (nSPS) is 9.33. The zero-order valence-electron chi connectivity index (χ0n) is 4.91. The fourth-order valence-electron chi connectivity index (χ4n) is 0.232. The van der Waals surface area contributed by atoms with E-state index < -0.39 is 5.97 Å². The van der Waals surface area contributed by atoms with Gasteiger partial charge in [0.1, 0.15) is 6.61 Å². The van der Waals surface area contributed by atoms with E-state index in [0.29, 0.717) is 0 Å². The van der Waals surface area contributed by atoms with Crippen molar-refractivity contribution in [3.63, 3.8) is 0 Å². The van der Waals surface area contributed by atoms with E-state index in [1.807, 2.05) is 0 Å². The van der Waals surface area contributed by atoms with Gasteiger partial charge in [-0.3, -0.25) is 0 Å². The van der Waals surface area contributed by atoms with Gasteiger partial charge in [-0.25, -0.2) is 4.79 Å². The summed E-state index contributed by atoms with van der Waals surface area (Å²) in [7, 11) is 0. The minimum atomic E-state index is -0.492. The largest absolute Gasteiger partial charge is 0.516 e. The van der Waals surface area contributed by atoms with Crippen LogP contribution in [-0.4, -0.2) is 17.7 Å². The molecule has 3 nitrogen and oxygen atoms in total. The number of carbonyl (C=O) groups excluding carboxylic acids is 1. The van der Waals surface area contributed by atoms with Crippen LogP contribution >= 0.6 is 0 Å². The molecule has 50 valence electrons. The van der Waals surface area contributed by atoms with Gasteiger partial charge >= 0.3 is 5.97 Å². The number of carbonyl (C=O) groups is 1. The van der Waals surface area contributed by atoms with Gasteiger partial charge in [-0.2, -0.15) is 0 Å². The van der Waals surface area contributed by atoms with E-state index >= 15 is 0 Å². The maximum absolute atomic E-state index is 10.2. The van der Waals surface area contributed by atoms with Gasteiger partial charge in [0, 0.05) is 6.08 Å². The summed E-state index contributed by atoms with van der Waals surface area (Å²) >= 11 is 0. The molecular weight excluding hydrogens is 120 g/mol. The van der Waals surface area contributed by atoms with Crippen molar-refractivity contribution < 1.29 is 14.6 Å². The number of ether oxygens (including phenoxy) is 1. The molecule has 0 saturated carbocycles. The summed E-state index contributed by atoms with van der Waals surface area (Å²) in [5.74, 6) is -0.492. The molecule has 0 spiro atoms. The molecule has 0 atom stereocenters. The van der Waals surface area contributed by atoms with Crippen molar-refractivity contribution in [3.8, 4) is 0 Å². The highest BCUT2D eigenvalue weighted by Gasteiger charge is 1.88. The Morgan fingerprint density at radius 3 is 2.89 bits per heavy atom. The summed E-state index contributed by atoms with van der Waals surface area (Å²) in [4.78, 5) is 10.2. The lowest BCUT2D eigenvalue weighted by atomic mass is 10.6. The number of hydrogen-bond donors (Lipinski definition) is 1. The van der Waals surface area contributed by atoms with Crippen LogP contribution in [0.25, 0.3) is 0 Å². The van der Waals surface area contributed by atoms with Crippen LogP contribution < -0.4 is 0 Å². The molecule has 0 amide bonds. The molecule has 0 aliphatic carbocycles. The Morgan fingerprint density at radius 2 is 2.44 bits per heavy atom. The minimum absolute atomic E-state index is 0.0847. The SMILES string of the molecule is C=CC(=O)OCC=CO. The molecule has 9 heavy (non-hydrogen) atoms. The van der Waals surface area contributed by atoms with E-state index in [1.165, 1.54) is 6.08 Å². The van der Waals surface area contributed by atoms with Gasteiger partial charge < -0.3 is 9.84 Å². The van der Waals surface area contributed by atoms with Crippen LogP contribution in [0.2, 0.25) is 0 Å². The van der Waals surface area contributed by atoms with Crippen molar-refractivity contribution in [2.45, 2.75) is 0 Å². The molecule has 0 aromatic rings. The van der Waals surface area contributed by atoms with E-state index in [-0.39, 0.29) is 6.61 Å². The summed E-state index contributed by atoms with van der Waals surface area (Å²) in [6.45, 7) is 3.26. The van der Waals surface area contributed by atoms with Crippen molar-refractivity contribution >= 4 is 5.97 Å². The fraction of sp³-hybridized carbons (Fsp3) is 0.167.